The molecule has 8 heteroatoms. The Morgan fingerprint density at radius 3 is 2.84 bits per heavy atom. The Kier molecular flexibility index (Phi) is 4.12. The minimum atomic E-state index is -0.507. The van der Waals surface area contributed by atoms with Gasteiger partial charge in [0.1, 0.15) is 6.10 Å². The standard InChI is InChI=1S/C17H15Cl2NO5/c18-8-1-2-11(10(19)5-8)20-13(21)6-24-16(22)14-7-3-9-12(4-7)25-17(23)15(9)14/h1-2,5,7,9,12,14-15H,3-4,6H2,(H,20,21)/t7-,9+,12+,14-,15-/m1/s1. The van der Waals surface area contributed by atoms with Crippen molar-refractivity contribution in [3.05, 3.63) is 28.2 Å². The highest BCUT2D eigenvalue weighted by atomic mass is 35.5. The number of carbonyl (C=O) groups excluding carboxylic acids is 3. The van der Waals surface area contributed by atoms with Crippen molar-refractivity contribution in [1.82, 2.24) is 0 Å². The molecule has 2 aliphatic carbocycles. The average molecular weight is 384 g/mol. The van der Waals surface area contributed by atoms with Gasteiger partial charge in [-0.1, -0.05) is 23.2 Å². The fraction of sp³-hybridized carbons (Fsp3) is 0.471. The molecule has 6 nitrogen and oxygen atoms in total. The van der Waals surface area contributed by atoms with E-state index in [-0.39, 0.29) is 23.9 Å². The van der Waals surface area contributed by atoms with E-state index in [1.165, 1.54) is 6.07 Å². The summed E-state index contributed by atoms with van der Waals surface area (Å²) < 4.78 is 10.4. The summed E-state index contributed by atoms with van der Waals surface area (Å²) in [5.41, 5.74) is 0.384. The van der Waals surface area contributed by atoms with Crippen molar-refractivity contribution >= 4 is 46.7 Å². The van der Waals surface area contributed by atoms with Gasteiger partial charge >= 0.3 is 11.9 Å². The van der Waals surface area contributed by atoms with E-state index in [4.69, 9.17) is 32.7 Å². The number of hydrogen-bond acceptors (Lipinski definition) is 5. The highest BCUT2D eigenvalue weighted by Crippen LogP contribution is 2.57. The molecule has 0 unspecified atom stereocenters. The van der Waals surface area contributed by atoms with E-state index in [2.05, 4.69) is 5.32 Å². The molecule has 25 heavy (non-hydrogen) atoms. The number of esters is 2. The molecule has 2 bridgehead atoms. The summed E-state index contributed by atoms with van der Waals surface area (Å²) in [5, 5.41) is 3.30. The molecule has 1 saturated heterocycles. The first kappa shape index (κ1) is 16.7. The molecule has 1 aromatic rings. The molecular formula is C17H15Cl2NO5. The summed E-state index contributed by atoms with van der Waals surface area (Å²) in [6.45, 7) is -0.434. The topological polar surface area (TPSA) is 81.7 Å². The molecule has 1 amide bonds. The Bertz CT molecular complexity index is 765. The number of nitrogens with one attached hydrogen (secondary N) is 1. The van der Waals surface area contributed by atoms with Crippen LogP contribution in [0.2, 0.25) is 10.0 Å². The number of carbonyl (C=O) groups is 3. The molecule has 1 aliphatic heterocycles. The second-order valence-electron chi connectivity index (χ2n) is 6.70. The van der Waals surface area contributed by atoms with Crippen LogP contribution < -0.4 is 5.32 Å². The first-order valence-corrected chi connectivity index (χ1v) is 8.81. The smallest absolute Gasteiger partial charge is 0.310 e. The summed E-state index contributed by atoms with van der Waals surface area (Å²) in [6.07, 6.45) is 1.48. The SMILES string of the molecule is O=C(COC(=O)[C@@H]1[C@@H]2C[C@@H]3[C@H]1C(=O)O[C@H]3C2)Nc1ccc(Cl)cc1Cl. The number of hydrogen-bond donors (Lipinski definition) is 1. The van der Waals surface area contributed by atoms with Crippen LogP contribution in [0.15, 0.2) is 18.2 Å². The molecular weight excluding hydrogens is 369 g/mol. The molecule has 1 heterocycles. The second-order valence-corrected chi connectivity index (χ2v) is 7.55. The van der Waals surface area contributed by atoms with E-state index < -0.39 is 30.3 Å². The van der Waals surface area contributed by atoms with Crippen LogP contribution in [-0.2, 0) is 23.9 Å². The fourth-order valence-electron chi connectivity index (χ4n) is 4.34. The van der Waals surface area contributed by atoms with Gasteiger partial charge in [0, 0.05) is 10.9 Å². The summed E-state index contributed by atoms with van der Waals surface area (Å²) in [6, 6.07) is 4.66. The van der Waals surface area contributed by atoms with E-state index in [0.29, 0.717) is 22.2 Å². The van der Waals surface area contributed by atoms with Gasteiger partial charge in [0.2, 0.25) is 0 Å². The van der Waals surface area contributed by atoms with E-state index >= 15 is 0 Å². The lowest BCUT2D eigenvalue weighted by atomic mass is 9.80. The predicted octanol–water partition coefficient (Wildman–Crippen LogP) is 2.67. The zero-order valence-electron chi connectivity index (χ0n) is 13.0. The molecule has 5 atom stereocenters. The third kappa shape index (κ3) is 2.87. The number of rotatable bonds is 4. The van der Waals surface area contributed by atoms with Crippen molar-refractivity contribution in [2.45, 2.75) is 18.9 Å². The van der Waals surface area contributed by atoms with E-state index in [1.54, 1.807) is 12.1 Å². The third-order valence-corrected chi connectivity index (χ3v) is 5.85. The number of benzene rings is 1. The van der Waals surface area contributed by atoms with Crippen LogP contribution in [0.1, 0.15) is 12.8 Å². The van der Waals surface area contributed by atoms with Gasteiger partial charge < -0.3 is 14.8 Å². The van der Waals surface area contributed by atoms with Crippen molar-refractivity contribution < 1.29 is 23.9 Å². The van der Waals surface area contributed by atoms with Gasteiger partial charge in [0.05, 0.1) is 22.5 Å². The molecule has 1 N–H and O–H groups in total. The Balaban J connectivity index is 1.34. The Morgan fingerprint density at radius 2 is 2.08 bits per heavy atom. The van der Waals surface area contributed by atoms with Gasteiger partial charge in [-0.2, -0.15) is 0 Å². The second kappa shape index (κ2) is 6.18. The molecule has 0 spiro atoms. The summed E-state index contributed by atoms with van der Waals surface area (Å²) in [5.74, 6) is -2.01. The van der Waals surface area contributed by atoms with E-state index in [0.717, 1.165) is 6.42 Å². The van der Waals surface area contributed by atoms with E-state index in [1.807, 2.05) is 0 Å². The number of fused-ring (bicyclic) bond motifs is 1. The Hall–Kier alpha value is -1.79. The van der Waals surface area contributed by atoms with Crippen LogP contribution in [0.3, 0.4) is 0 Å². The molecule has 3 fully saturated rings. The van der Waals surface area contributed by atoms with Crippen molar-refractivity contribution in [1.29, 1.82) is 0 Å². The summed E-state index contributed by atoms with van der Waals surface area (Å²) >= 11 is 11.8. The van der Waals surface area contributed by atoms with Crippen LogP contribution in [0.5, 0.6) is 0 Å². The predicted molar refractivity (Wildman–Crippen MR) is 89.1 cm³/mol. The molecule has 132 valence electrons. The normalized spacial score (nSPS) is 31.8. The first-order valence-electron chi connectivity index (χ1n) is 8.06. The van der Waals surface area contributed by atoms with Gasteiger partial charge in [-0.05, 0) is 37.0 Å². The minimum absolute atomic E-state index is 0.0399. The molecule has 1 aromatic carbocycles. The number of ether oxygens (including phenoxy) is 2. The van der Waals surface area contributed by atoms with Gasteiger partial charge in [-0.25, -0.2) is 0 Å². The largest absolute Gasteiger partial charge is 0.462 e. The van der Waals surface area contributed by atoms with Crippen LogP contribution in [-0.4, -0.2) is 30.6 Å². The lowest BCUT2D eigenvalue weighted by Crippen LogP contribution is -2.34. The van der Waals surface area contributed by atoms with Crippen LogP contribution in [0, 0.1) is 23.7 Å². The van der Waals surface area contributed by atoms with Crippen LogP contribution in [0.25, 0.3) is 0 Å². The lowest BCUT2D eigenvalue weighted by Gasteiger charge is -2.22. The summed E-state index contributed by atoms with van der Waals surface area (Å²) in [7, 11) is 0. The summed E-state index contributed by atoms with van der Waals surface area (Å²) in [4.78, 5) is 36.3. The minimum Gasteiger partial charge on any atom is -0.462 e. The maximum absolute atomic E-state index is 12.4. The Labute approximate surface area is 153 Å². The third-order valence-electron chi connectivity index (χ3n) is 5.31. The van der Waals surface area contributed by atoms with E-state index in [9.17, 15) is 14.4 Å². The highest BCUT2D eigenvalue weighted by molar-refractivity contribution is 6.36. The quantitative estimate of drug-likeness (QED) is 0.808. The van der Waals surface area contributed by atoms with Crippen molar-refractivity contribution in [2.24, 2.45) is 23.7 Å². The number of halogens is 2. The van der Waals surface area contributed by atoms with Crippen molar-refractivity contribution in [3.8, 4) is 0 Å². The van der Waals surface area contributed by atoms with Gasteiger partial charge in [-0.15, -0.1) is 0 Å². The number of anilines is 1. The molecule has 0 aromatic heterocycles. The zero-order chi connectivity index (χ0) is 17.7. The first-order chi connectivity index (χ1) is 11.9. The van der Waals surface area contributed by atoms with Crippen LogP contribution >= 0.6 is 23.2 Å². The van der Waals surface area contributed by atoms with Gasteiger partial charge in [-0.3, -0.25) is 14.4 Å². The monoisotopic (exact) mass is 383 g/mol. The van der Waals surface area contributed by atoms with Gasteiger partial charge in [0.15, 0.2) is 6.61 Å². The maximum atomic E-state index is 12.4. The zero-order valence-corrected chi connectivity index (χ0v) is 14.5. The average Bonchev–Trinajstić information content (AvgIpc) is 3.17. The Morgan fingerprint density at radius 1 is 1.28 bits per heavy atom. The lowest BCUT2D eigenvalue weighted by molar-refractivity contribution is -0.157. The molecule has 3 aliphatic rings. The number of amides is 1. The fourth-order valence-corrected chi connectivity index (χ4v) is 4.79. The van der Waals surface area contributed by atoms with Crippen LogP contribution in [0.4, 0.5) is 5.69 Å². The van der Waals surface area contributed by atoms with Crippen molar-refractivity contribution in [3.63, 3.8) is 0 Å². The molecule has 2 saturated carbocycles. The maximum Gasteiger partial charge on any atom is 0.310 e. The van der Waals surface area contributed by atoms with Gasteiger partial charge in [0.25, 0.3) is 5.91 Å². The highest BCUT2D eigenvalue weighted by Gasteiger charge is 2.64. The van der Waals surface area contributed by atoms with Crippen molar-refractivity contribution in [2.75, 3.05) is 11.9 Å². The molecule has 4 rings (SSSR count). The molecule has 0 radical (unpaired) electrons.